The Morgan fingerprint density at radius 1 is 1.30 bits per heavy atom. The zero-order valence-corrected chi connectivity index (χ0v) is 12.7. The Kier molecular flexibility index (Phi) is 5.88. The lowest BCUT2D eigenvalue weighted by atomic mass is 10.2. The minimum Gasteiger partial charge on any atom is -0.444 e. The van der Waals surface area contributed by atoms with Crippen molar-refractivity contribution in [3.05, 3.63) is 30.3 Å². The molecule has 20 heavy (non-hydrogen) atoms. The van der Waals surface area contributed by atoms with Gasteiger partial charge in [0.2, 0.25) is 5.91 Å². The lowest BCUT2D eigenvalue weighted by molar-refractivity contribution is -0.119. The highest BCUT2D eigenvalue weighted by atomic mass is 32.2. The highest BCUT2D eigenvalue weighted by Crippen LogP contribution is 2.18. The molecule has 0 heterocycles. The molecule has 0 saturated carbocycles. The zero-order valence-electron chi connectivity index (χ0n) is 11.9. The molecule has 0 unspecified atom stereocenters. The number of hydrogen-bond donors (Lipinski definition) is 2. The number of alkyl carbamates (subject to hydrolysis) is 1. The average Bonchev–Trinajstić information content (AvgIpc) is 2.33. The van der Waals surface area contributed by atoms with Gasteiger partial charge in [0.1, 0.15) is 11.6 Å². The summed E-state index contributed by atoms with van der Waals surface area (Å²) in [5.41, 5.74) is 4.68. The summed E-state index contributed by atoms with van der Waals surface area (Å²) in [4.78, 5) is 24.0. The summed E-state index contributed by atoms with van der Waals surface area (Å²) in [5, 5.41) is 2.49. The third-order valence-corrected chi connectivity index (χ3v) is 3.30. The van der Waals surface area contributed by atoms with Crippen LogP contribution < -0.4 is 11.1 Å². The molecule has 0 spiro atoms. The quantitative estimate of drug-likeness (QED) is 0.816. The number of benzene rings is 1. The number of nitrogens with two attached hydrogens (primary N) is 1. The van der Waals surface area contributed by atoms with E-state index in [0.29, 0.717) is 5.75 Å². The molecule has 110 valence electrons. The molecule has 1 aromatic rings. The number of hydrogen-bond acceptors (Lipinski definition) is 4. The van der Waals surface area contributed by atoms with Crippen molar-refractivity contribution in [1.29, 1.82) is 0 Å². The number of carbonyl (C=O) groups excluding carboxylic acids is 2. The van der Waals surface area contributed by atoms with E-state index < -0.39 is 23.6 Å². The standard InChI is InChI=1S/C14H20N2O3S/c1-14(2,3)19-13(18)16-11(12(15)17)9-20-10-7-5-4-6-8-10/h4-8,11H,9H2,1-3H3,(H2,15,17)(H,16,18)/t11-/m0/s1. The third-order valence-electron chi connectivity index (χ3n) is 2.19. The summed E-state index contributed by atoms with van der Waals surface area (Å²) in [6.07, 6.45) is -0.644. The summed E-state index contributed by atoms with van der Waals surface area (Å²) in [7, 11) is 0. The van der Waals surface area contributed by atoms with Crippen molar-refractivity contribution in [2.75, 3.05) is 5.75 Å². The van der Waals surface area contributed by atoms with Gasteiger partial charge < -0.3 is 15.8 Å². The van der Waals surface area contributed by atoms with Crippen LogP contribution in [-0.2, 0) is 9.53 Å². The smallest absolute Gasteiger partial charge is 0.408 e. The molecule has 3 N–H and O–H groups in total. The normalized spacial score (nSPS) is 12.6. The van der Waals surface area contributed by atoms with Crippen LogP contribution in [0.1, 0.15) is 20.8 Å². The van der Waals surface area contributed by atoms with Gasteiger partial charge in [-0.15, -0.1) is 11.8 Å². The summed E-state index contributed by atoms with van der Waals surface area (Å²) < 4.78 is 5.10. The van der Waals surface area contributed by atoms with Crippen LogP contribution in [0, 0.1) is 0 Å². The number of thioether (sulfide) groups is 1. The molecule has 0 aliphatic rings. The van der Waals surface area contributed by atoms with Crippen LogP contribution in [-0.4, -0.2) is 29.4 Å². The topological polar surface area (TPSA) is 81.4 Å². The molecule has 0 bridgehead atoms. The second kappa shape index (κ2) is 7.19. The zero-order chi connectivity index (χ0) is 15.2. The molecule has 1 aromatic carbocycles. The fourth-order valence-corrected chi connectivity index (χ4v) is 2.30. The molecule has 2 amide bonds. The van der Waals surface area contributed by atoms with Crippen molar-refractivity contribution in [2.24, 2.45) is 5.73 Å². The van der Waals surface area contributed by atoms with Crippen molar-refractivity contribution in [3.8, 4) is 0 Å². The number of carbonyl (C=O) groups is 2. The Labute approximate surface area is 123 Å². The van der Waals surface area contributed by atoms with Crippen molar-refractivity contribution >= 4 is 23.8 Å². The minimum atomic E-state index is -0.768. The first-order valence-electron chi connectivity index (χ1n) is 6.24. The fourth-order valence-electron chi connectivity index (χ4n) is 1.34. The van der Waals surface area contributed by atoms with Gasteiger partial charge in [-0.05, 0) is 32.9 Å². The van der Waals surface area contributed by atoms with E-state index >= 15 is 0 Å². The highest BCUT2D eigenvalue weighted by Gasteiger charge is 2.22. The third kappa shape index (κ3) is 6.47. The maximum Gasteiger partial charge on any atom is 0.408 e. The van der Waals surface area contributed by atoms with Crippen LogP contribution in [0.5, 0.6) is 0 Å². The van der Waals surface area contributed by atoms with Crippen molar-refractivity contribution < 1.29 is 14.3 Å². The average molecular weight is 296 g/mol. The SMILES string of the molecule is CC(C)(C)OC(=O)N[C@@H](CSc1ccccc1)C(N)=O. The molecule has 0 radical (unpaired) electrons. The molecular formula is C14H20N2O3S. The van der Waals surface area contributed by atoms with E-state index in [1.165, 1.54) is 11.8 Å². The first-order valence-corrected chi connectivity index (χ1v) is 7.23. The predicted molar refractivity (Wildman–Crippen MR) is 79.5 cm³/mol. The molecular weight excluding hydrogens is 276 g/mol. The number of ether oxygens (including phenoxy) is 1. The van der Waals surface area contributed by atoms with Crippen LogP contribution in [0.3, 0.4) is 0 Å². The van der Waals surface area contributed by atoms with E-state index in [1.54, 1.807) is 20.8 Å². The first-order chi connectivity index (χ1) is 9.28. The van der Waals surface area contributed by atoms with Crippen molar-refractivity contribution in [1.82, 2.24) is 5.32 Å². The van der Waals surface area contributed by atoms with Crippen molar-refractivity contribution in [3.63, 3.8) is 0 Å². The van der Waals surface area contributed by atoms with Crippen LogP contribution in [0.15, 0.2) is 35.2 Å². The molecule has 0 aromatic heterocycles. The minimum absolute atomic E-state index is 0.360. The lowest BCUT2D eigenvalue weighted by Crippen LogP contribution is -2.47. The second-order valence-electron chi connectivity index (χ2n) is 5.23. The monoisotopic (exact) mass is 296 g/mol. The van der Waals surface area contributed by atoms with Crippen LogP contribution in [0.25, 0.3) is 0 Å². The molecule has 1 atom stereocenters. The lowest BCUT2D eigenvalue weighted by Gasteiger charge is -2.22. The van der Waals surface area contributed by atoms with Crippen molar-refractivity contribution in [2.45, 2.75) is 37.3 Å². The van der Waals surface area contributed by atoms with Crippen LogP contribution in [0.2, 0.25) is 0 Å². The fraction of sp³-hybridized carbons (Fsp3) is 0.429. The van der Waals surface area contributed by atoms with Gasteiger partial charge in [-0.3, -0.25) is 4.79 Å². The second-order valence-corrected chi connectivity index (χ2v) is 6.32. The predicted octanol–water partition coefficient (Wildman–Crippen LogP) is 2.16. The molecule has 5 nitrogen and oxygen atoms in total. The Morgan fingerprint density at radius 3 is 2.40 bits per heavy atom. The molecule has 1 rings (SSSR count). The Bertz CT molecular complexity index is 457. The van der Waals surface area contributed by atoms with Gasteiger partial charge in [-0.2, -0.15) is 0 Å². The molecule has 0 saturated heterocycles. The maximum absolute atomic E-state index is 11.6. The van der Waals surface area contributed by atoms with E-state index in [0.717, 1.165) is 4.90 Å². The number of amides is 2. The molecule has 6 heteroatoms. The largest absolute Gasteiger partial charge is 0.444 e. The van der Waals surface area contributed by atoms with Gasteiger partial charge >= 0.3 is 6.09 Å². The molecule has 0 fully saturated rings. The van der Waals surface area contributed by atoms with Crippen LogP contribution >= 0.6 is 11.8 Å². The van der Waals surface area contributed by atoms with E-state index in [4.69, 9.17) is 10.5 Å². The summed E-state index contributed by atoms with van der Waals surface area (Å²) in [6, 6.07) is 8.81. The van der Waals surface area contributed by atoms with Gasteiger partial charge in [-0.25, -0.2) is 4.79 Å². The van der Waals surface area contributed by atoms with E-state index in [9.17, 15) is 9.59 Å². The molecule has 0 aliphatic carbocycles. The van der Waals surface area contributed by atoms with E-state index in [-0.39, 0.29) is 0 Å². The summed E-state index contributed by atoms with van der Waals surface area (Å²) in [6.45, 7) is 5.26. The highest BCUT2D eigenvalue weighted by molar-refractivity contribution is 7.99. The summed E-state index contributed by atoms with van der Waals surface area (Å²) in [5.74, 6) is -0.224. The van der Waals surface area contributed by atoms with Gasteiger partial charge in [0.15, 0.2) is 0 Å². The summed E-state index contributed by atoms with van der Waals surface area (Å²) >= 11 is 1.45. The number of rotatable bonds is 5. The van der Waals surface area contributed by atoms with Gasteiger partial charge in [0, 0.05) is 10.6 Å². The van der Waals surface area contributed by atoms with E-state index in [1.807, 2.05) is 30.3 Å². The number of nitrogens with one attached hydrogen (secondary N) is 1. The Morgan fingerprint density at radius 2 is 1.90 bits per heavy atom. The van der Waals surface area contributed by atoms with Gasteiger partial charge in [0.05, 0.1) is 0 Å². The maximum atomic E-state index is 11.6. The number of primary amides is 1. The Hall–Kier alpha value is -1.69. The van der Waals surface area contributed by atoms with Gasteiger partial charge in [0.25, 0.3) is 0 Å². The van der Waals surface area contributed by atoms with E-state index in [2.05, 4.69) is 5.32 Å². The van der Waals surface area contributed by atoms with Crippen LogP contribution in [0.4, 0.5) is 4.79 Å². The van der Waals surface area contributed by atoms with Gasteiger partial charge in [-0.1, -0.05) is 18.2 Å². The Balaban J connectivity index is 2.53. The molecule has 0 aliphatic heterocycles. The first kappa shape index (κ1) is 16.4.